The molecule has 0 saturated heterocycles. The van der Waals surface area contributed by atoms with Crippen molar-refractivity contribution in [2.45, 2.75) is 12.4 Å². The number of nitrogens with zero attached hydrogens (tertiary/aromatic N) is 2. The van der Waals surface area contributed by atoms with Gasteiger partial charge in [0.15, 0.2) is 0 Å². The van der Waals surface area contributed by atoms with Crippen LogP contribution in [0.4, 0.5) is 31.3 Å². The summed E-state index contributed by atoms with van der Waals surface area (Å²) in [5.41, 5.74) is -3.97. The molecular weight excluding hydrogens is 406 g/mol. The maximum atomic E-state index is 12.7. The summed E-state index contributed by atoms with van der Waals surface area (Å²) in [5, 5.41) is 14.3. The third kappa shape index (κ3) is 5.26. The largest absolute Gasteiger partial charge is 0.416 e. The van der Waals surface area contributed by atoms with E-state index in [9.17, 15) is 41.3 Å². The van der Waals surface area contributed by atoms with Gasteiger partial charge < -0.3 is 4.84 Å². The topological polar surface area (TPSA) is 81.8 Å². The van der Waals surface area contributed by atoms with Crippen LogP contribution in [0, 0.1) is 10.1 Å². The predicted molar refractivity (Wildman–Crippen MR) is 80.4 cm³/mol. The fourth-order valence-electron chi connectivity index (χ4n) is 1.77. The molecule has 1 aromatic carbocycles. The molecule has 2 aromatic rings. The summed E-state index contributed by atoms with van der Waals surface area (Å²) in [4.78, 5) is 25.7. The molecule has 0 atom stereocenters. The van der Waals surface area contributed by atoms with Crippen LogP contribution in [0.15, 0.2) is 34.8 Å². The summed E-state index contributed by atoms with van der Waals surface area (Å²) in [6, 6.07) is 1.60. The molecule has 1 heterocycles. The van der Waals surface area contributed by atoms with Gasteiger partial charge in [-0.25, -0.2) is 4.79 Å². The molecule has 0 unspecified atom stereocenters. The Labute approximate surface area is 149 Å². The maximum absolute atomic E-state index is 12.7. The molecule has 1 aromatic heterocycles. The zero-order valence-electron chi connectivity index (χ0n) is 12.7. The second-order valence-electron chi connectivity index (χ2n) is 4.88. The number of alkyl halides is 6. The summed E-state index contributed by atoms with van der Waals surface area (Å²) >= 11 is 0.623. The molecule has 13 heteroatoms. The Balaban J connectivity index is 2.22. The van der Waals surface area contributed by atoms with Gasteiger partial charge in [0.1, 0.15) is 0 Å². The van der Waals surface area contributed by atoms with Crippen molar-refractivity contribution in [1.29, 1.82) is 0 Å². The second kappa shape index (κ2) is 7.34. The molecular formula is C14H6F6N2O4S. The normalized spacial score (nSPS) is 12.4. The standard InChI is InChI=1S/C14H6F6N2O4S/c15-13(16,17)9-1-7(2-10(4-9)14(18,19)20)5-21-26-12(23)8-3-11(22(24)25)27-6-8/h1-6H. The van der Waals surface area contributed by atoms with Crippen molar-refractivity contribution in [3.63, 3.8) is 0 Å². The lowest BCUT2D eigenvalue weighted by Crippen LogP contribution is -2.11. The fourth-order valence-corrected chi connectivity index (χ4v) is 2.46. The van der Waals surface area contributed by atoms with Crippen molar-refractivity contribution in [2.24, 2.45) is 5.16 Å². The van der Waals surface area contributed by atoms with Crippen LogP contribution in [0.1, 0.15) is 27.0 Å². The summed E-state index contributed by atoms with van der Waals surface area (Å²) in [6.45, 7) is 0. The van der Waals surface area contributed by atoms with Crippen LogP contribution in [0.5, 0.6) is 0 Å². The van der Waals surface area contributed by atoms with Crippen LogP contribution in [0.25, 0.3) is 0 Å². The van der Waals surface area contributed by atoms with Gasteiger partial charge in [0.05, 0.1) is 27.8 Å². The van der Waals surface area contributed by atoms with E-state index in [4.69, 9.17) is 0 Å². The average molecular weight is 412 g/mol. The quantitative estimate of drug-likeness (QED) is 0.236. The fraction of sp³-hybridized carbons (Fsp3) is 0.143. The first-order valence-electron chi connectivity index (χ1n) is 6.65. The Morgan fingerprint density at radius 1 is 1.07 bits per heavy atom. The highest BCUT2D eigenvalue weighted by Gasteiger charge is 2.36. The summed E-state index contributed by atoms with van der Waals surface area (Å²) < 4.78 is 76.3. The van der Waals surface area contributed by atoms with Crippen LogP contribution in [-0.4, -0.2) is 17.1 Å². The number of nitro groups is 1. The summed E-state index contributed by atoms with van der Waals surface area (Å²) in [6.07, 6.45) is -9.57. The van der Waals surface area contributed by atoms with Gasteiger partial charge in [-0.05, 0) is 23.8 Å². The van der Waals surface area contributed by atoms with E-state index >= 15 is 0 Å². The number of hydrogen-bond donors (Lipinski definition) is 0. The maximum Gasteiger partial charge on any atom is 0.416 e. The first kappa shape index (κ1) is 20.4. The van der Waals surface area contributed by atoms with Crippen LogP contribution in [-0.2, 0) is 17.2 Å². The number of hydrogen-bond acceptors (Lipinski definition) is 6. The lowest BCUT2D eigenvalue weighted by Gasteiger charge is -2.12. The van der Waals surface area contributed by atoms with E-state index in [1.807, 2.05) is 0 Å². The van der Waals surface area contributed by atoms with Crippen molar-refractivity contribution in [3.8, 4) is 0 Å². The molecule has 0 fully saturated rings. The molecule has 0 aliphatic heterocycles. The van der Waals surface area contributed by atoms with Crippen LogP contribution in [0.2, 0.25) is 0 Å². The Morgan fingerprint density at radius 3 is 2.07 bits per heavy atom. The number of benzene rings is 1. The van der Waals surface area contributed by atoms with E-state index in [2.05, 4.69) is 9.99 Å². The van der Waals surface area contributed by atoms with Crippen molar-refractivity contribution in [1.82, 2.24) is 0 Å². The number of oxime groups is 1. The molecule has 0 spiro atoms. The van der Waals surface area contributed by atoms with Gasteiger partial charge in [-0.15, -0.1) is 0 Å². The van der Waals surface area contributed by atoms with Gasteiger partial charge in [-0.1, -0.05) is 16.5 Å². The van der Waals surface area contributed by atoms with Crippen molar-refractivity contribution < 1.29 is 40.9 Å². The van der Waals surface area contributed by atoms with Gasteiger partial charge in [0, 0.05) is 11.4 Å². The molecule has 27 heavy (non-hydrogen) atoms. The number of thiophene rings is 1. The minimum atomic E-state index is -5.03. The smallest absolute Gasteiger partial charge is 0.313 e. The lowest BCUT2D eigenvalue weighted by molar-refractivity contribution is -0.380. The molecule has 0 saturated carbocycles. The van der Waals surface area contributed by atoms with Gasteiger partial charge in [-0.2, -0.15) is 26.3 Å². The monoisotopic (exact) mass is 412 g/mol. The number of halogens is 6. The highest BCUT2D eigenvalue weighted by atomic mass is 32.1. The van der Waals surface area contributed by atoms with Crippen molar-refractivity contribution >= 4 is 28.5 Å². The third-order valence-electron chi connectivity index (χ3n) is 2.95. The average Bonchev–Trinajstić information content (AvgIpc) is 3.03. The van der Waals surface area contributed by atoms with Crippen LogP contribution in [0.3, 0.4) is 0 Å². The molecule has 2 rings (SSSR count). The summed E-state index contributed by atoms with van der Waals surface area (Å²) in [7, 11) is 0. The zero-order valence-corrected chi connectivity index (χ0v) is 13.5. The molecule has 144 valence electrons. The number of rotatable bonds is 4. The van der Waals surface area contributed by atoms with Gasteiger partial charge in [0.25, 0.3) is 0 Å². The Bertz CT molecular complexity index is 871. The van der Waals surface area contributed by atoms with Crippen molar-refractivity contribution in [2.75, 3.05) is 0 Å². The molecule has 0 amide bonds. The minimum absolute atomic E-state index is 0.0617. The number of carbonyl (C=O) groups is 1. The molecule has 0 aliphatic rings. The van der Waals surface area contributed by atoms with Crippen molar-refractivity contribution in [3.05, 3.63) is 62.0 Å². The zero-order chi connectivity index (χ0) is 20.4. The van der Waals surface area contributed by atoms with E-state index in [1.165, 1.54) is 0 Å². The predicted octanol–water partition coefficient (Wildman–Crippen LogP) is 4.88. The Morgan fingerprint density at radius 2 is 1.63 bits per heavy atom. The number of carbonyl (C=O) groups excluding carboxylic acids is 1. The SMILES string of the molecule is O=C(ON=Cc1cc(C(F)(F)F)cc(C(F)(F)F)c1)c1csc([N+](=O)[O-])c1. The Hall–Kier alpha value is -2.96. The molecule has 6 nitrogen and oxygen atoms in total. The van der Waals surface area contributed by atoms with E-state index in [0.717, 1.165) is 11.4 Å². The highest BCUT2D eigenvalue weighted by Crippen LogP contribution is 2.36. The molecule has 0 bridgehead atoms. The highest BCUT2D eigenvalue weighted by molar-refractivity contribution is 7.13. The first-order chi connectivity index (χ1) is 12.4. The lowest BCUT2D eigenvalue weighted by atomic mass is 10.1. The van der Waals surface area contributed by atoms with E-state index < -0.39 is 39.9 Å². The molecule has 0 radical (unpaired) electrons. The third-order valence-corrected chi connectivity index (χ3v) is 3.83. The second-order valence-corrected chi connectivity index (χ2v) is 5.77. The van der Waals surface area contributed by atoms with E-state index in [0.29, 0.717) is 29.7 Å². The van der Waals surface area contributed by atoms with Crippen LogP contribution < -0.4 is 0 Å². The van der Waals surface area contributed by atoms with Crippen LogP contribution >= 0.6 is 11.3 Å². The van der Waals surface area contributed by atoms with Gasteiger partial charge in [0.2, 0.25) is 0 Å². The minimum Gasteiger partial charge on any atom is -0.313 e. The van der Waals surface area contributed by atoms with Gasteiger partial charge in [-0.3, -0.25) is 10.1 Å². The molecule has 0 N–H and O–H groups in total. The molecule has 0 aliphatic carbocycles. The Kier molecular flexibility index (Phi) is 5.54. The first-order valence-corrected chi connectivity index (χ1v) is 7.53. The van der Waals surface area contributed by atoms with Gasteiger partial charge >= 0.3 is 23.3 Å². The van der Waals surface area contributed by atoms with E-state index in [1.54, 1.807) is 0 Å². The van der Waals surface area contributed by atoms with E-state index in [-0.39, 0.29) is 16.6 Å². The summed E-state index contributed by atoms with van der Waals surface area (Å²) in [5.74, 6) is -1.17.